The number of carbonyl (C=O) groups is 2. The Morgan fingerprint density at radius 2 is 1.79 bits per heavy atom. The third kappa shape index (κ3) is 5.54. The summed E-state index contributed by atoms with van der Waals surface area (Å²) in [5, 5.41) is 18.3. The standard InChI is InChI=1S/C21H16ClN3O3S/c22-17-9-3-2-8-16(17)20(27)24-18(12-15-7-5-11-29-15)21(28)25-23-13-14-6-1-4-10-19(14)26/h1-13,26H,(H,24,27)(H,25,28)/b18-12+,23-13+. The molecule has 3 aromatic rings. The van der Waals surface area contributed by atoms with Gasteiger partial charge in [0.05, 0.1) is 16.8 Å². The Morgan fingerprint density at radius 1 is 1.03 bits per heavy atom. The zero-order valence-electron chi connectivity index (χ0n) is 15.0. The van der Waals surface area contributed by atoms with Crippen molar-refractivity contribution in [2.45, 2.75) is 0 Å². The highest BCUT2D eigenvalue weighted by Crippen LogP contribution is 2.17. The Labute approximate surface area is 176 Å². The first kappa shape index (κ1) is 20.3. The van der Waals surface area contributed by atoms with Crippen molar-refractivity contribution in [1.82, 2.24) is 10.7 Å². The lowest BCUT2D eigenvalue weighted by Crippen LogP contribution is -2.32. The Morgan fingerprint density at radius 3 is 2.52 bits per heavy atom. The minimum Gasteiger partial charge on any atom is -0.507 e. The summed E-state index contributed by atoms with van der Waals surface area (Å²) in [6, 6.07) is 16.8. The van der Waals surface area contributed by atoms with Gasteiger partial charge in [-0.05, 0) is 41.8 Å². The fourth-order valence-corrected chi connectivity index (χ4v) is 3.21. The maximum Gasteiger partial charge on any atom is 0.287 e. The van der Waals surface area contributed by atoms with Crippen LogP contribution in [0.2, 0.25) is 5.02 Å². The summed E-state index contributed by atoms with van der Waals surface area (Å²) in [4.78, 5) is 25.9. The topological polar surface area (TPSA) is 90.8 Å². The molecule has 3 N–H and O–H groups in total. The molecule has 146 valence electrons. The average molecular weight is 426 g/mol. The van der Waals surface area contributed by atoms with Crippen LogP contribution in [0.1, 0.15) is 20.8 Å². The van der Waals surface area contributed by atoms with Crippen LogP contribution in [0.3, 0.4) is 0 Å². The van der Waals surface area contributed by atoms with Gasteiger partial charge in [0.15, 0.2) is 0 Å². The molecule has 0 aliphatic carbocycles. The van der Waals surface area contributed by atoms with E-state index in [0.717, 1.165) is 4.88 Å². The van der Waals surface area contributed by atoms with E-state index in [1.165, 1.54) is 23.6 Å². The van der Waals surface area contributed by atoms with Gasteiger partial charge in [-0.3, -0.25) is 9.59 Å². The summed E-state index contributed by atoms with van der Waals surface area (Å²) in [6.45, 7) is 0. The molecule has 0 atom stereocenters. The van der Waals surface area contributed by atoms with Gasteiger partial charge in [-0.15, -0.1) is 11.3 Å². The first-order chi connectivity index (χ1) is 14.0. The number of nitrogens with zero attached hydrogens (tertiary/aromatic N) is 1. The maximum atomic E-state index is 12.6. The van der Waals surface area contributed by atoms with Crippen LogP contribution >= 0.6 is 22.9 Å². The van der Waals surface area contributed by atoms with Gasteiger partial charge in [0.25, 0.3) is 11.8 Å². The lowest BCUT2D eigenvalue weighted by molar-refractivity contribution is -0.117. The van der Waals surface area contributed by atoms with Crippen molar-refractivity contribution in [3.63, 3.8) is 0 Å². The fourth-order valence-electron chi connectivity index (χ4n) is 2.33. The SMILES string of the molecule is O=C(N/N=C/c1ccccc1O)/C(=C\c1cccs1)NC(=O)c1ccccc1Cl. The summed E-state index contributed by atoms with van der Waals surface area (Å²) >= 11 is 7.48. The third-order valence-corrected chi connectivity index (χ3v) is 4.90. The number of aromatic hydroxyl groups is 1. The predicted octanol–water partition coefficient (Wildman–Crippen LogP) is 4.03. The van der Waals surface area contributed by atoms with Gasteiger partial charge in [-0.2, -0.15) is 5.10 Å². The molecule has 3 rings (SSSR count). The van der Waals surface area contributed by atoms with E-state index in [9.17, 15) is 14.7 Å². The number of thiophene rings is 1. The summed E-state index contributed by atoms with van der Waals surface area (Å²) in [5.41, 5.74) is 3.05. The van der Waals surface area contributed by atoms with E-state index in [4.69, 9.17) is 11.6 Å². The van der Waals surface area contributed by atoms with Crippen LogP contribution in [-0.2, 0) is 4.79 Å². The number of rotatable bonds is 6. The minimum atomic E-state index is -0.620. The maximum absolute atomic E-state index is 12.6. The molecule has 0 radical (unpaired) electrons. The van der Waals surface area contributed by atoms with E-state index in [-0.39, 0.29) is 22.0 Å². The van der Waals surface area contributed by atoms with Gasteiger partial charge >= 0.3 is 0 Å². The van der Waals surface area contributed by atoms with Crippen molar-refractivity contribution in [3.8, 4) is 5.75 Å². The molecular weight excluding hydrogens is 410 g/mol. The molecule has 2 aromatic carbocycles. The Kier molecular flexibility index (Phi) is 6.78. The molecule has 0 spiro atoms. The number of phenolic OH excluding ortho intramolecular Hbond substituents is 1. The highest BCUT2D eigenvalue weighted by atomic mass is 35.5. The molecule has 0 fully saturated rings. The molecule has 8 heteroatoms. The zero-order valence-corrected chi connectivity index (χ0v) is 16.6. The van der Waals surface area contributed by atoms with Gasteiger partial charge in [0.1, 0.15) is 11.4 Å². The van der Waals surface area contributed by atoms with Crippen molar-refractivity contribution in [1.29, 1.82) is 0 Å². The first-order valence-electron chi connectivity index (χ1n) is 8.47. The quantitative estimate of drug-likeness (QED) is 0.316. The molecule has 0 aliphatic heterocycles. The molecule has 0 saturated heterocycles. The number of para-hydroxylation sites is 1. The van der Waals surface area contributed by atoms with Crippen LogP contribution in [0.4, 0.5) is 0 Å². The van der Waals surface area contributed by atoms with Crippen LogP contribution in [0.15, 0.2) is 76.8 Å². The molecule has 0 bridgehead atoms. The average Bonchev–Trinajstić information content (AvgIpc) is 3.22. The van der Waals surface area contributed by atoms with Crippen LogP contribution in [0.5, 0.6) is 5.75 Å². The monoisotopic (exact) mass is 425 g/mol. The first-order valence-corrected chi connectivity index (χ1v) is 9.73. The predicted molar refractivity (Wildman–Crippen MR) is 115 cm³/mol. The number of carbonyl (C=O) groups excluding carboxylic acids is 2. The normalized spacial score (nSPS) is 11.4. The molecule has 29 heavy (non-hydrogen) atoms. The molecule has 1 aromatic heterocycles. The number of hydrazone groups is 1. The fraction of sp³-hybridized carbons (Fsp3) is 0. The summed E-state index contributed by atoms with van der Waals surface area (Å²) in [6.07, 6.45) is 2.86. The number of phenols is 1. The number of nitrogens with one attached hydrogen (secondary N) is 2. The van der Waals surface area contributed by atoms with Gasteiger partial charge in [0, 0.05) is 10.4 Å². The second-order valence-corrected chi connectivity index (χ2v) is 7.15. The third-order valence-electron chi connectivity index (χ3n) is 3.75. The van der Waals surface area contributed by atoms with Crippen LogP contribution in [0.25, 0.3) is 6.08 Å². The van der Waals surface area contributed by atoms with Crippen LogP contribution in [-0.4, -0.2) is 23.1 Å². The van der Waals surface area contributed by atoms with E-state index in [1.807, 2.05) is 17.5 Å². The van der Waals surface area contributed by atoms with E-state index in [0.29, 0.717) is 5.56 Å². The van der Waals surface area contributed by atoms with Gasteiger partial charge in [0.2, 0.25) is 0 Å². The summed E-state index contributed by atoms with van der Waals surface area (Å²) in [5.74, 6) is -1.10. The van der Waals surface area contributed by atoms with Gasteiger partial charge in [-0.25, -0.2) is 5.43 Å². The number of halogens is 1. The minimum absolute atomic E-state index is 0.00630. The summed E-state index contributed by atoms with van der Waals surface area (Å²) in [7, 11) is 0. The zero-order chi connectivity index (χ0) is 20.6. The van der Waals surface area contributed by atoms with E-state index in [1.54, 1.807) is 48.5 Å². The smallest absolute Gasteiger partial charge is 0.287 e. The number of benzene rings is 2. The number of amides is 2. The van der Waals surface area contributed by atoms with Crippen molar-refractivity contribution in [2.24, 2.45) is 5.10 Å². The van der Waals surface area contributed by atoms with Gasteiger partial charge in [-0.1, -0.05) is 41.9 Å². The lowest BCUT2D eigenvalue weighted by Gasteiger charge is -2.09. The van der Waals surface area contributed by atoms with E-state index in [2.05, 4.69) is 15.8 Å². The lowest BCUT2D eigenvalue weighted by atomic mass is 10.2. The molecule has 2 amide bonds. The molecule has 0 saturated carbocycles. The number of hydrogen-bond donors (Lipinski definition) is 3. The second kappa shape index (κ2) is 9.68. The Hall–Kier alpha value is -3.42. The largest absolute Gasteiger partial charge is 0.507 e. The Bertz CT molecular complexity index is 1080. The molecular formula is C21H16ClN3O3S. The molecule has 0 unspecified atom stereocenters. The van der Waals surface area contributed by atoms with Crippen molar-refractivity contribution in [3.05, 3.63) is 92.8 Å². The molecule has 6 nitrogen and oxygen atoms in total. The second-order valence-electron chi connectivity index (χ2n) is 5.77. The van der Waals surface area contributed by atoms with Crippen LogP contribution < -0.4 is 10.7 Å². The summed E-state index contributed by atoms with van der Waals surface area (Å²) < 4.78 is 0. The highest BCUT2D eigenvalue weighted by Gasteiger charge is 2.16. The van der Waals surface area contributed by atoms with Crippen molar-refractivity contribution in [2.75, 3.05) is 0 Å². The highest BCUT2D eigenvalue weighted by molar-refractivity contribution is 7.10. The van der Waals surface area contributed by atoms with Crippen LogP contribution in [0, 0.1) is 0 Å². The van der Waals surface area contributed by atoms with Gasteiger partial charge < -0.3 is 10.4 Å². The number of hydrogen-bond acceptors (Lipinski definition) is 5. The van der Waals surface area contributed by atoms with E-state index >= 15 is 0 Å². The van der Waals surface area contributed by atoms with Crippen molar-refractivity contribution >= 4 is 47.0 Å². The Balaban J connectivity index is 1.78. The van der Waals surface area contributed by atoms with Crippen molar-refractivity contribution < 1.29 is 14.7 Å². The van der Waals surface area contributed by atoms with E-state index < -0.39 is 11.8 Å². The molecule has 1 heterocycles. The molecule has 0 aliphatic rings.